The zero-order valence-corrected chi connectivity index (χ0v) is 16.6. The highest BCUT2D eigenvalue weighted by Crippen LogP contribution is 2.33. The highest BCUT2D eigenvalue weighted by atomic mass is 35.5. The van der Waals surface area contributed by atoms with Crippen molar-refractivity contribution in [2.24, 2.45) is 5.92 Å². The van der Waals surface area contributed by atoms with Crippen molar-refractivity contribution < 1.29 is 13.9 Å². The van der Waals surface area contributed by atoms with Gasteiger partial charge in [-0.05, 0) is 38.0 Å². The van der Waals surface area contributed by atoms with Crippen LogP contribution in [0.3, 0.4) is 0 Å². The molecule has 1 heterocycles. The molecule has 3 aliphatic rings. The van der Waals surface area contributed by atoms with Crippen LogP contribution in [0.2, 0.25) is 0 Å². The average Bonchev–Trinajstić information content (AvgIpc) is 3.48. The van der Waals surface area contributed by atoms with E-state index >= 15 is 0 Å². The number of carbonyl (C=O) groups is 1. The summed E-state index contributed by atoms with van der Waals surface area (Å²) < 4.78 is 19.1. The molecule has 0 aromatic heterocycles. The molecule has 0 spiro atoms. The molecule has 1 saturated heterocycles. The zero-order chi connectivity index (χ0) is 19.2. The SMILES string of the molecule is C=C(CCNC1CNCC(C2CC2)N1)NC(=O)COC1CCC(Cl)C(F)C1. The standard InChI is InChI=1S/C19H32ClFN4O2/c1-12(6-7-23-18-10-22-9-17(25-18)13-2-3-13)24-19(26)11-27-14-4-5-15(20)16(21)8-14/h13-18,22-23,25H,1-11H2,(H,24,26). The van der Waals surface area contributed by atoms with E-state index in [1.54, 1.807) is 0 Å². The molecule has 0 radical (unpaired) electrons. The maximum absolute atomic E-state index is 13.6. The first-order valence-corrected chi connectivity index (χ1v) is 10.5. The first-order chi connectivity index (χ1) is 13.0. The summed E-state index contributed by atoms with van der Waals surface area (Å²) in [5, 5.41) is 12.9. The third-order valence-electron chi connectivity index (χ3n) is 5.55. The predicted octanol–water partition coefficient (Wildman–Crippen LogP) is 1.41. The number of amides is 1. The van der Waals surface area contributed by atoms with Gasteiger partial charge in [0.25, 0.3) is 0 Å². The first-order valence-electron chi connectivity index (χ1n) is 10.1. The van der Waals surface area contributed by atoms with Crippen molar-refractivity contribution in [3.05, 3.63) is 12.3 Å². The van der Waals surface area contributed by atoms with Crippen molar-refractivity contribution in [1.29, 1.82) is 0 Å². The predicted molar refractivity (Wildman–Crippen MR) is 104 cm³/mol. The summed E-state index contributed by atoms with van der Waals surface area (Å²) in [6.45, 7) is 6.51. The van der Waals surface area contributed by atoms with Gasteiger partial charge < -0.3 is 20.7 Å². The summed E-state index contributed by atoms with van der Waals surface area (Å²) in [5.41, 5.74) is 0.659. The van der Waals surface area contributed by atoms with Crippen LogP contribution in [0, 0.1) is 5.92 Å². The van der Waals surface area contributed by atoms with Crippen LogP contribution in [0.15, 0.2) is 12.3 Å². The van der Waals surface area contributed by atoms with Crippen LogP contribution in [0.25, 0.3) is 0 Å². The molecular weight excluding hydrogens is 371 g/mol. The second-order valence-electron chi connectivity index (χ2n) is 7.96. The summed E-state index contributed by atoms with van der Waals surface area (Å²) in [6.07, 6.45) is 3.81. The summed E-state index contributed by atoms with van der Waals surface area (Å²) in [7, 11) is 0. The topological polar surface area (TPSA) is 74.4 Å². The lowest BCUT2D eigenvalue weighted by molar-refractivity contribution is -0.128. The number of ether oxygens (including phenoxy) is 1. The second kappa shape index (κ2) is 10.2. The molecular formula is C19H32ClFN4O2. The van der Waals surface area contributed by atoms with E-state index in [0.717, 1.165) is 25.6 Å². The first kappa shape index (κ1) is 21.0. The van der Waals surface area contributed by atoms with E-state index in [4.69, 9.17) is 16.3 Å². The van der Waals surface area contributed by atoms with Crippen LogP contribution >= 0.6 is 11.6 Å². The van der Waals surface area contributed by atoms with Gasteiger partial charge in [-0.3, -0.25) is 10.1 Å². The fourth-order valence-corrected chi connectivity index (χ4v) is 4.00. The van der Waals surface area contributed by atoms with Crippen molar-refractivity contribution >= 4 is 17.5 Å². The smallest absolute Gasteiger partial charge is 0.250 e. The lowest BCUT2D eigenvalue weighted by atomic mass is 9.95. The molecule has 27 heavy (non-hydrogen) atoms. The Morgan fingerprint density at radius 3 is 2.81 bits per heavy atom. The van der Waals surface area contributed by atoms with Crippen LogP contribution in [0.5, 0.6) is 0 Å². The molecule has 0 aromatic carbocycles. The van der Waals surface area contributed by atoms with Gasteiger partial charge in [0.05, 0.1) is 17.6 Å². The third kappa shape index (κ3) is 6.98. The zero-order valence-electron chi connectivity index (χ0n) is 15.8. The van der Waals surface area contributed by atoms with Gasteiger partial charge in [-0.25, -0.2) is 4.39 Å². The molecule has 0 bridgehead atoms. The van der Waals surface area contributed by atoms with E-state index < -0.39 is 11.5 Å². The lowest BCUT2D eigenvalue weighted by Crippen LogP contribution is -2.61. The molecule has 3 rings (SSSR count). The Morgan fingerprint density at radius 2 is 2.07 bits per heavy atom. The van der Waals surface area contributed by atoms with Gasteiger partial charge in [-0.1, -0.05) is 6.58 Å². The van der Waals surface area contributed by atoms with Crippen LogP contribution in [-0.2, 0) is 9.53 Å². The Bertz CT molecular complexity index is 520. The molecule has 4 N–H and O–H groups in total. The fourth-order valence-electron chi connectivity index (χ4n) is 3.77. The van der Waals surface area contributed by atoms with Crippen molar-refractivity contribution in [2.45, 2.75) is 68.4 Å². The van der Waals surface area contributed by atoms with Crippen LogP contribution in [0.4, 0.5) is 4.39 Å². The Kier molecular flexibility index (Phi) is 7.90. The highest BCUT2D eigenvalue weighted by molar-refractivity contribution is 6.21. The number of nitrogens with one attached hydrogen (secondary N) is 4. The minimum absolute atomic E-state index is 0.0754. The molecule has 154 valence electrons. The van der Waals surface area contributed by atoms with Crippen LogP contribution in [0.1, 0.15) is 38.5 Å². The monoisotopic (exact) mass is 402 g/mol. The van der Waals surface area contributed by atoms with Crippen molar-refractivity contribution in [2.75, 3.05) is 26.2 Å². The number of piperazine rings is 1. The third-order valence-corrected chi connectivity index (χ3v) is 6.04. The van der Waals surface area contributed by atoms with Gasteiger partial charge >= 0.3 is 0 Å². The van der Waals surface area contributed by atoms with Gasteiger partial charge in [0, 0.05) is 37.8 Å². The molecule has 5 atom stereocenters. The average molecular weight is 403 g/mol. The number of rotatable bonds is 9. The van der Waals surface area contributed by atoms with Gasteiger partial charge in [-0.2, -0.15) is 0 Å². The Balaban J connectivity index is 1.25. The maximum Gasteiger partial charge on any atom is 0.250 e. The van der Waals surface area contributed by atoms with Crippen molar-refractivity contribution in [3.8, 4) is 0 Å². The van der Waals surface area contributed by atoms with Gasteiger partial charge in [0.2, 0.25) is 5.91 Å². The summed E-state index contributed by atoms with van der Waals surface area (Å²) in [5.74, 6) is 0.582. The van der Waals surface area contributed by atoms with Crippen LogP contribution in [-0.4, -0.2) is 62.0 Å². The molecule has 8 heteroatoms. The molecule has 2 aliphatic carbocycles. The highest BCUT2D eigenvalue weighted by Gasteiger charge is 2.34. The quantitative estimate of drug-likeness (QED) is 0.439. The molecule has 3 fully saturated rings. The minimum Gasteiger partial charge on any atom is -0.368 e. The Morgan fingerprint density at radius 1 is 1.26 bits per heavy atom. The number of alkyl halides is 2. The van der Waals surface area contributed by atoms with E-state index in [-0.39, 0.29) is 31.2 Å². The fraction of sp³-hybridized carbons (Fsp3) is 0.842. The van der Waals surface area contributed by atoms with Gasteiger partial charge in [0.1, 0.15) is 12.8 Å². The van der Waals surface area contributed by atoms with E-state index in [0.29, 0.717) is 31.0 Å². The van der Waals surface area contributed by atoms with E-state index in [1.165, 1.54) is 12.8 Å². The molecule has 1 aliphatic heterocycles. The molecule has 5 unspecified atom stereocenters. The maximum atomic E-state index is 13.6. The number of carbonyl (C=O) groups excluding carboxylic acids is 1. The number of halogens is 2. The Hall–Kier alpha value is -0.730. The molecule has 1 amide bonds. The van der Waals surface area contributed by atoms with Crippen molar-refractivity contribution in [1.82, 2.24) is 21.3 Å². The summed E-state index contributed by atoms with van der Waals surface area (Å²) in [6, 6.07) is 0.564. The van der Waals surface area contributed by atoms with Gasteiger partial charge in [-0.15, -0.1) is 11.6 Å². The number of hydrogen-bond donors (Lipinski definition) is 4. The molecule has 0 aromatic rings. The Labute approximate surface area is 166 Å². The second-order valence-corrected chi connectivity index (χ2v) is 8.52. The molecule has 2 saturated carbocycles. The number of hydrogen-bond acceptors (Lipinski definition) is 5. The van der Waals surface area contributed by atoms with E-state index in [9.17, 15) is 9.18 Å². The summed E-state index contributed by atoms with van der Waals surface area (Å²) >= 11 is 5.86. The molecule has 6 nitrogen and oxygen atoms in total. The largest absolute Gasteiger partial charge is 0.368 e. The normalized spacial score (nSPS) is 34.2. The lowest BCUT2D eigenvalue weighted by Gasteiger charge is -2.32. The summed E-state index contributed by atoms with van der Waals surface area (Å²) in [4.78, 5) is 12.0. The van der Waals surface area contributed by atoms with Crippen LogP contribution < -0.4 is 21.3 Å². The van der Waals surface area contributed by atoms with Crippen molar-refractivity contribution in [3.63, 3.8) is 0 Å². The minimum atomic E-state index is -1.06. The van der Waals surface area contributed by atoms with E-state index in [1.807, 2.05) is 0 Å². The van der Waals surface area contributed by atoms with Gasteiger partial charge in [0.15, 0.2) is 0 Å². The van der Waals surface area contributed by atoms with E-state index in [2.05, 4.69) is 27.8 Å².